The van der Waals surface area contributed by atoms with Gasteiger partial charge in [-0.15, -0.1) is 0 Å². The van der Waals surface area contributed by atoms with E-state index in [4.69, 9.17) is 0 Å². The first kappa shape index (κ1) is 12.4. The molecule has 0 amide bonds. The molecule has 0 radical (unpaired) electrons. The van der Waals surface area contributed by atoms with Crippen molar-refractivity contribution < 1.29 is 0 Å². The number of rotatable bonds is 1. The molecule has 0 bridgehead atoms. The van der Waals surface area contributed by atoms with Gasteiger partial charge >= 0.3 is 0 Å². The third kappa shape index (κ3) is 2.04. The van der Waals surface area contributed by atoms with Gasteiger partial charge in [0.25, 0.3) is 0 Å². The molecule has 2 aromatic rings. The zero-order valence-electron chi connectivity index (χ0n) is 11.5. The minimum absolute atomic E-state index is 0.386. The van der Waals surface area contributed by atoms with Gasteiger partial charge in [-0.2, -0.15) is 0 Å². The molecule has 0 aliphatic rings. The average molecular weight is 242 g/mol. The third-order valence-electron chi connectivity index (χ3n) is 4.34. The van der Waals surface area contributed by atoms with Crippen LogP contribution in [0, 0.1) is 0 Å². The second kappa shape index (κ2) is 3.99. The number of hydrogen-bond acceptors (Lipinski definition) is 0. The Morgan fingerprint density at radius 1 is 0.824 bits per heavy atom. The first-order valence-corrected chi connectivity index (χ1v) is 9.32. The van der Waals surface area contributed by atoms with Gasteiger partial charge in [0.15, 0.2) is 0 Å². The molecule has 2 rings (SSSR count). The van der Waals surface area contributed by atoms with E-state index in [0.717, 1.165) is 0 Å². The van der Waals surface area contributed by atoms with E-state index in [1.807, 2.05) is 0 Å². The lowest BCUT2D eigenvalue weighted by Gasteiger charge is -2.38. The fourth-order valence-corrected chi connectivity index (χ4v) is 4.40. The van der Waals surface area contributed by atoms with Crippen LogP contribution in [0.3, 0.4) is 0 Å². The van der Waals surface area contributed by atoms with Crippen LogP contribution in [0.25, 0.3) is 10.8 Å². The molecule has 17 heavy (non-hydrogen) atoms. The smallest absolute Gasteiger partial charge is 0.0650 e. The zero-order chi connectivity index (χ0) is 12.7. The fourth-order valence-electron chi connectivity index (χ4n) is 2.17. The summed E-state index contributed by atoms with van der Waals surface area (Å²) >= 11 is 0. The molecule has 0 nitrogen and oxygen atoms in total. The van der Waals surface area contributed by atoms with Gasteiger partial charge in [0, 0.05) is 0 Å². The highest BCUT2D eigenvalue weighted by atomic mass is 28.3. The first-order chi connectivity index (χ1) is 7.84. The lowest BCUT2D eigenvalue weighted by molar-refractivity contribution is 0.730. The van der Waals surface area contributed by atoms with E-state index in [-0.39, 0.29) is 0 Å². The topological polar surface area (TPSA) is 0 Å². The van der Waals surface area contributed by atoms with Crippen LogP contribution in [0.5, 0.6) is 0 Å². The van der Waals surface area contributed by atoms with E-state index in [1.54, 1.807) is 5.19 Å². The number of fused-ring (bicyclic) bond motifs is 1. The SMILES string of the molecule is CC(C)(C)[Si](C)(C)c1cccc2ccccc12. The van der Waals surface area contributed by atoms with Gasteiger partial charge in [0.05, 0.1) is 8.07 Å². The van der Waals surface area contributed by atoms with E-state index < -0.39 is 8.07 Å². The predicted molar refractivity (Wildman–Crippen MR) is 80.8 cm³/mol. The van der Waals surface area contributed by atoms with E-state index >= 15 is 0 Å². The Hall–Kier alpha value is -1.08. The highest BCUT2D eigenvalue weighted by Gasteiger charge is 2.37. The molecule has 0 unspecified atom stereocenters. The minimum atomic E-state index is -1.45. The van der Waals surface area contributed by atoms with Crippen LogP contribution in [-0.4, -0.2) is 8.07 Å². The van der Waals surface area contributed by atoms with Crippen LogP contribution in [-0.2, 0) is 0 Å². The Morgan fingerprint density at radius 2 is 1.41 bits per heavy atom. The molecule has 0 fully saturated rings. The minimum Gasteiger partial charge on any atom is -0.0650 e. The van der Waals surface area contributed by atoms with Gasteiger partial charge in [-0.1, -0.05) is 81.5 Å². The van der Waals surface area contributed by atoms with Crippen molar-refractivity contribution >= 4 is 24.0 Å². The zero-order valence-corrected chi connectivity index (χ0v) is 12.5. The van der Waals surface area contributed by atoms with Crippen LogP contribution in [0.2, 0.25) is 18.1 Å². The van der Waals surface area contributed by atoms with Crippen molar-refractivity contribution in [1.82, 2.24) is 0 Å². The summed E-state index contributed by atoms with van der Waals surface area (Å²) in [5, 5.41) is 4.79. The second-order valence-corrected chi connectivity index (χ2v) is 11.7. The number of benzene rings is 2. The highest BCUT2D eigenvalue weighted by molar-refractivity contribution is 6.93. The fraction of sp³-hybridized carbons (Fsp3) is 0.375. The van der Waals surface area contributed by atoms with E-state index in [9.17, 15) is 0 Å². The Bertz CT molecular complexity index is 527. The molecule has 0 aliphatic carbocycles. The highest BCUT2D eigenvalue weighted by Crippen LogP contribution is 2.36. The van der Waals surface area contributed by atoms with Crippen LogP contribution in [0.1, 0.15) is 20.8 Å². The van der Waals surface area contributed by atoms with E-state index in [0.29, 0.717) is 5.04 Å². The summed E-state index contributed by atoms with van der Waals surface area (Å²) in [7, 11) is -1.45. The normalized spacial score (nSPS) is 13.0. The van der Waals surface area contributed by atoms with Crippen molar-refractivity contribution in [1.29, 1.82) is 0 Å². The van der Waals surface area contributed by atoms with Crippen molar-refractivity contribution in [2.45, 2.75) is 38.9 Å². The van der Waals surface area contributed by atoms with Gasteiger partial charge in [0.2, 0.25) is 0 Å². The summed E-state index contributed by atoms with van der Waals surface area (Å²) in [6, 6.07) is 15.5. The molecule has 90 valence electrons. The maximum atomic E-state index is 2.48. The van der Waals surface area contributed by atoms with Gasteiger partial charge in [-0.25, -0.2) is 0 Å². The largest absolute Gasteiger partial charge is 0.0867 e. The first-order valence-electron chi connectivity index (χ1n) is 6.32. The van der Waals surface area contributed by atoms with Gasteiger partial charge in [0.1, 0.15) is 0 Å². The predicted octanol–water partition coefficient (Wildman–Crippen LogP) is 4.56. The van der Waals surface area contributed by atoms with Crippen molar-refractivity contribution in [3.63, 3.8) is 0 Å². The Kier molecular flexibility index (Phi) is 2.90. The Morgan fingerprint density at radius 3 is 2.06 bits per heavy atom. The Labute approximate surface area is 106 Å². The van der Waals surface area contributed by atoms with E-state index in [2.05, 4.69) is 76.3 Å². The van der Waals surface area contributed by atoms with Crippen LogP contribution in [0.4, 0.5) is 0 Å². The summed E-state index contributed by atoms with van der Waals surface area (Å²) in [5.41, 5.74) is 0. The molecule has 0 saturated heterocycles. The summed E-state index contributed by atoms with van der Waals surface area (Å²) in [4.78, 5) is 0. The van der Waals surface area contributed by atoms with E-state index in [1.165, 1.54) is 10.8 Å². The molecule has 0 atom stereocenters. The quantitative estimate of drug-likeness (QED) is 0.643. The van der Waals surface area contributed by atoms with Crippen molar-refractivity contribution in [3.8, 4) is 0 Å². The monoisotopic (exact) mass is 242 g/mol. The molecule has 1 heteroatoms. The molecule has 0 N–H and O–H groups in total. The molecule has 0 spiro atoms. The lowest BCUT2D eigenvalue weighted by Crippen LogP contribution is -2.49. The number of hydrogen-bond donors (Lipinski definition) is 0. The summed E-state index contributed by atoms with van der Waals surface area (Å²) in [5.74, 6) is 0. The summed E-state index contributed by atoms with van der Waals surface area (Å²) < 4.78 is 0. The van der Waals surface area contributed by atoms with Crippen molar-refractivity contribution in [2.75, 3.05) is 0 Å². The van der Waals surface area contributed by atoms with Crippen molar-refractivity contribution in [2.24, 2.45) is 0 Å². The third-order valence-corrected chi connectivity index (χ3v) is 9.87. The summed E-state index contributed by atoms with van der Waals surface area (Å²) in [6.45, 7) is 12.1. The molecule has 2 aromatic carbocycles. The molecule has 0 aromatic heterocycles. The standard InChI is InChI=1S/C16H22Si/c1-16(2,3)17(4,5)15-12-8-10-13-9-6-7-11-14(13)15/h6-12H,1-5H3. The van der Waals surface area contributed by atoms with Crippen molar-refractivity contribution in [3.05, 3.63) is 42.5 Å². The van der Waals surface area contributed by atoms with Gasteiger partial charge in [-0.05, 0) is 15.8 Å². The molecule has 0 saturated carbocycles. The Balaban J connectivity index is 2.72. The molecular weight excluding hydrogens is 220 g/mol. The lowest BCUT2D eigenvalue weighted by atomic mass is 10.1. The summed E-state index contributed by atoms with van der Waals surface area (Å²) in [6.07, 6.45) is 0. The van der Waals surface area contributed by atoms with Gasteiger partial charge in [-0.3, -0.25) is 0 Å². The maximum Gasteiger partial charge on any atom is 0.0867 e. The van der Waals surface area contributed by atoms with Crippen LogP contribution >= 0.6 is 0 Å². The molecular formula is C16H22Si. The van der Waals surface area contributed by atoms with Gasteiger partial charge < -0.3 is 0 Å². The average Bonchev–Trinajstić information content (AvgIpc) is 2.26. The molecule has 0 heterocycles. The maximum absolute atomic E-state index is 2.48. The van der Waals surface area contributed by atoms with Crippen LogP contribution < -0.4 is 5.19 Å². The second-order valence-electron chi connectivity index (χ2n) is 6.40. The van der Waals surface area contributed by atoms with Crippen LogP contribution in [0.15, 0.2) is 42.5 Å². The molecule has 0 aliphatic heterocycles.